The van der Waals surface area contributed by atoms with Crippen molar-refractivity contribution in [3.8, 4) is 0 Å². The second kappa shape index (κ2) is 6.72. The summed E-state index contributed by atoms with van der Waals surface area (Å²) in [6.45, 7) is 5.83. The lowest BCUT2D eigenvalue weighted by Gasteiger charge is -2.24. The monoisotopic (exact) mass is 224 g/mol. The lowest BCUT2D eigenvalue weighted by molar-refractivity contribution is -0.137. The molecule has 1 unspecified atom stereocenters. The van der Waals surface area contributed by atoms with Crippen LogP contribution in [0.3, 0.4) is 0 Å². The maximum atomic E-state index is 11.1. The Morgan fingerprint density at radius 1 is 1.38 bits per heavy atom. The van der Waals surface area contributed by atoms with E-state index < -0.39 is 0 Å². The van der Waals surface area contributed by atoms with Gasteiger partial charge in [0, 0.05) is 12.8 Å². The smallest absolute Gasteiger partial charge is 0.307 e. The van der Waals surface area contributed by atoms with Gasteiger partial charge in [-0.3, -0.25) is 4.79 Å². The number of carbonyl (C=O) groups is 1. The first-order valence-electron chi connectivity index (χ1n) is 6.53. The molecule has 0 aromatic carbocycles. The van der Waals surface area contributed by atoms with E-state index in [1.54, 1.807) is 0 Å². The molecule has 1 rings (SSSR count). The lowest BCUT2D eigenvalue weighted by Crippen LogP contribution is -2.14. The van der Waals surface area contributed by atoms with Gasteiger partial charge >= 0.3 is 5.97 Å². The number of hydrogen-bond acceptors (Lipinski definition) is 2. The highest BCUT2D eigenvalue weighted by Gasteiger charge is 2.20. The summed E-state index contributed by atoms with van der Waals surface area (Å²) in [5.41, 5.74) is 0. The fourth-order valence-corrected chi connectivity index (χ4v) is 2.20. The topological polar surface area (TPSA) is 26.3 Å². The Hall–Kier alpha value is -0.790. The highest BCUT2D eigenvalue weighted by molar-refractivity contribution is 5.67. The third-order valence-corrected chi connectivity index (χ3v) is 3.36. The van der Waals surface area contributed by atoms with Gasteiger partial charge in [0.1, 0.15) is 5.76 Å². The van der Waals surface area contributed by atoms with Crippen molar-refractivity contribution in [2.24, 2.45) is 11.8 Å². The first-order valence-corrected chi connectivity index (χ1v) is 6.53. The number of rotatable bonds is 4. The molecule has 1 fully saturated rings. The zero-order chi connectivity index (χ0) is 12.0. The molecule has 0 radical (unpaired) electrons. The van der Waals surface area contributed by atoms with Gasteiger partial charge in [-0.05, 0) is 31.3 Å². The van der Waals surface area contributed by atoms with E-state index in [4.69, 9.17) is 4.74 Å². The van der Waals surface area contributed by atoms with Crippen LogP contribution >= 0.6 is 0 Å². The van der Waals surface area contributed by atoms with Crippen molar-refractivity contribution in [2.75, 3.05) is 0 Å². The van der Waals surface area contributed by atoms with Gasteiger partial charge in [0.05, 0.1) is 0 Å². The third kappa shape index (κ3) is 4.38. The number of carbonyl (C=O) groups excluding carboxylic acids is 1. The molecule has 1 aliphatic carbocycles. The minimum Gasteiger partial charge on any atom is -0.431 e. The van der Waals surface area contributed by atoms with Crippen LogP contribution in [-0.2, 0) is 9.53 Å². The standard InChI is InChI=1S/C14H24O2/c1-4-11(2)10-14(16-12(3)15)13-8-6-5-7-9-13/h10-11,13H,4-9H2,1-3H3. The fourth-order valence-electron chi connectivity index (χ4n) is 2.20. The summed E-state index contributed by atoms with van der Waals surface area (Å²) in [5.74, 6) is 1.73. The first kappa shape index (κ1) is 13.3. The van der Waals surface area contributed by atoms with Gasteiger partial charge in [-0.2, -0.15) is 0 Å². The molecule has 0 saturated heterocycles. The van der Waals surface area contributed by atoms with Crippen LogP contribution in [0.1, 0.15) is 59.3 Å². The molecular formula is C14H24O2. The number of hydrogen-bond donors (Lipinski definition) is 0. The van der Waals surface area contributed by atoms with Crippen molar-refractivity contribution in [1.82, 2.24) is 0 Å². The van der Waals surface area contributed by atoms with Gasteiger partial charge in [-0.1, -0.05) is 33.1 Å². The summed E-state index contributed by atoms with van der Waals surface area (Å²) in [7, 11) is 0. The maximum absolute atomic E-state index is 11.1. The molecule has 0 aromatic rings. The quantitative estimate of drug-likeness (QED) is 0.531. The summed E-state index contributed by atoms with van der Waals surface area (Å²) in [6.07, 6.45) is 9.46. The van der Waals surface area contributed by atoms with Gasteiger partial charge in [-0.15, -0.1) is 0 Å². The van der Waals surface area contributed by atoms with E-state index >= 15 is 0 Å². The van der Waals surface area contributed by atoms with Crippen LogP contribution in [0, 0.1) is 11.8 Å². The minimum atomic E-state index is -0.180. The van der Waals surface area contributed by atoms with Crippen molar-refractivity contribution in [2.45, 2.75) is 59.3 Å². The molecule has 2 heteroatoms. The van der Waals surface area contributed by atoms with E-state index in [1.165, 1.54) is 39.0 Å². The fraction of sp³-hybridized carbons (Fsp3) is 0.786. The minimum absolute atomic E-state index is 0.180. The zero-order valence-electron chi connectivity index (χ0n) is 10.8. The predicted octanol–water partition coefficient (Wildman–Crippen LogP) is 4.06. The molecule has 0 N–H and O–H groups in total. The Morgan fingerprint density at radius 3 is 2.50 bits per heavy atom. The van der Waals surface area contributed by atoms with E-state index in [1.807, 2.05) is 0 Å². The normalized spacial score (nSPS) is 20.6. The van der Waals surface area contributed by atoms with Crippen molar-refractivity contribution >= 4 is 5.97 Å². The SMILES string of the molecule is CCC(C)C=C(OC(C)=O)C1CCCCC1. The number of allylic oxidation sites excluding steroid dienone is 2. The second-order valence-electron chi connectivity index (χ2n) is 4.88. The van der Waals surface area contributed by atoms with Gasteiger partial charge in [-0.25, -0.2) is 0 Å². The zero-order valence-corrected chi connectivity index (χ0v) is 10.8. The van der Waals surface area contributed by atoms with E-state index in [2.05, 4.69) is 19.9 Å². The Morgan fingerprint density at radius 2 is 2.00 bits per heavy atom. The van der Waals surface area contributed by atoms with Crippen molar-refractivity contribution in [3.05, 3.63) is 11.8 Å². The predicted molar refractivity (Wildman–Crippen MR) is 65.9 cm³/mol. The molecule has 92 valence electrons. The lowest BCUT2D eigenvalue weighted by atomic mass is 9.86. The Bertz CT molecular complexity index is 249. The molecule has 0 bridgehead atoms. The van der Waals surface area contributed by atoms with Gasteiger partial charge in [0.2, 0.25) is 0 Å². The van der Waals surface area contributed by atoms with Crippen LogP contribution in [0.5, 0.6) is 0 Å². The maximum Gasteiger partial charge on any atom is 0.307 e. The molecule has 0 amide bonds. The van der Waals surface area contributed by atoms with Gasteiger partial charge < -0.3 is 4.74 Å². The molecule has 0 heterocycles. The highest BCUT2D eigenvalue weighted by atomic mass is 16.5. The van der Waals surface area contributed by atoms with E-state index in [-0.39, 0.29) is 5.97 Å². The molecule has 1 atom stereocenters. The average molecular weight is 224 g/mol. The van der Waals surface area contributed by atoms with Gasteiger partial charge in [0.15, 0.2) is 0 Å². The number of ether oxygens (including phenoxy) is 1. The Balaban J connectivity index is 2.68. The molecule has 0 spiro atoms. The van der Waals surface area contributed by atoms with Crippen LogP contribution < -0.4 is 0 Å². The number of esters is 1. The summed E-state index contributed by atoms with van der Waals surface area (Å²) < 4.78 is 5.38. The van der Waals surface area contributed by atoms with Crippen molar-refractivity contribution in [3.63, 3.8) is 0 Å². The largest absolute Gasteiger partial charge is 0.431 e. The summed E-state index contributed by atoms with van der Waals surface area (Å²) in [5, 5.41) is 0. The van der Waals surface area contributed by atoms with Crippen LogP contribution in [0.2, 0.25) is 0 Å². The highest BCUT2D eigenvalue weighted by Crippen LogP contribution is 2.31. The average Bonchev–Trinajstić information content (AvgIpc) is 2.28. The molecular weight excluding hydrogens is 200 g/mol. The molecule has 16 heavy (non-hydrogen) atoms. The first-order chi connectivity index (χ1) is 7.63. The summed E-state index contributed by atoms with van der Waals surface area (Å²) in [6, 6.07) is 0. The summed E-state index contributed by atoms with van der Waals surface area (Å²) >= 11 is 0. The van der Waals surface area contributed by atoms with Crippen molar-refractivity contribution < 1.29 is 9.53 Å². The van der Waals surface area contributed by atoms with E-state index in [0.29, 0.717) is 11.8 Å². The Labute approximate surface area is 99.1 Å². The van der Waals surface area contributed by atoms with Crippen molar-refractivity contribution in [1.29, 1.82) is 0 Å². The molecule has 1 saturated carbocycles. The van der Waals surface area contributed by atoms with E-state index in [9.17, 15) is 4.79 Å². The van der Waals surface area contributed by atoms with Crippen LogP contribution in [0.25, 0.3) is 0 Å². The van der Waals surface area contributed by atoms with Crippen LogP contribution in [-0.4, -0.2) is 5.97 Å². The molecule has 0 aromatic heterocycles. The Kier molecular flexibility index (Phi) is 5.58. The molecule has 1 aliphatic rings. The molecule has 0 aliphatic heterocycles. The van der Waals surface area contributed by atoms with E-state index in [0.717, 1.165) is 12.2 Å². The second-order valence-corrected chi connectivity index (χ2v) is 4.88. The third-order valence-electron chi connectivity index (χ3n) is 3.36. The van der Waals surface area contributed by atoms with Crippen LogP contribution in [0.15, 0.2) is 11.8 Å². The summed E-state index contributed by atoms with van der Waals surface area (Å²) in [4.78, 5) is 11.1. The van der Waals surface area contributed by atoms with Crippen LogP contribution in [0.4, 0.5) is 0 Å². The van der Waals surface area contributed by atoms with Gasteiger partial charge in [0.25, 0.3) is 0 Å². The molecule has 2 nitrogen and oxygen atoms in total.